The third-order valence-electron chi connectivity index (χ3n) is 5.83. The molecule has 6 nitrogen and oxygen atoms in total. The molecule has 27 heavy (non-hydrogen) atoms. The Morgan fingerprint density at radius 3 is 2.48 bits per heavy atom. The first-order valence-corrected chi connectivity index (χ1v) is 9.46. The van der Waals surface area contributed by atoms with Gasteiger partial charge in [-0.25, -0.2) is 0 Å². The maximum atomic E-state index is 13.2. The lowest BCUT2D eigenvalue weighted by atomic mass is 9.69. The number of ketones is 1. The van der Waals surface area contributed by atoms with Crippen LogP contribution in [0.3, 0.4) is 0 Å². The zero-order valence-corrected chi connectivity index (χ0v) is 16.8. The lowest BCUT2D eigenvalue weighted by Crippen LogP contribution is -2.57. The van der Waals surface area contributed by atoms with Gasteiger partial charge in [0.15, 0.2) is 17.3 Å². The summed E-state index contributed by atoms with van der Waals surface area (Å²) in [6.07, 6.45) is 1.67. The summed E-state index contributed by atoms with van der Waals surface area (Å²) in [5.74, 6) is 1.17. The van der Waals surface area contributed by atoms with Crippen LogP contribution in [0.15, 0.2) is 12.1 Å². The third-order valence-corrected chi connectivity index (χ3v) is 5.83. The molecule has 2 atom stereocenters. The van der Waals surface area contributed by atoms with Gasteiger partial charge in [0, 0.05) is 25.6 Å². The van der Waals surface area contributed by atoms with E-state index in [0.29, 0.717) is 30.9 Å². The Morgan fingerprint density at radius 2 is 1.89 bits per heavy atom. The summed E-state index contributed by atoms with van der Waals surface area (Å²) < 4.78 is 15.9. The van der Waals surface area contributed by atoms with Gasteiger partial charge in [0.05, 0.1) is 21.3 Å². The quantitative estimate of drug-likeness (QED) is 0.582. The predicted octanol–water partition coefficient (Wildman–Crippen LogP) is 2.78. The Balaban J connectivity index is 1.98. The van der Waals surface area contributed by atoms with Crippen molar-refractivity contribution in [2.45, 2.75) is 39.2 Å². The lowest BCUT2D eigenvalue weighted by Gasteiger charge is -2.47. The molecule has 1 fully saturated rings. The van der Waals surface area contributed by atoms with Gasteiger partial charge < -0.3 is 14.2 Å². The van der Waals surface area contributed by atoms with Crippen molar-refractivity contribution in [1.29, 1.82) is 0 Å². The summed E-state index contributed by atoms with van der Waals surface area (Å²) in [5, 5.41) is 0. The van der Waals surface area contributed by atoms with E-state index in [1.807, 2.05) is 26.0 Å². The van der Waals surface area contributed by atoms with Crippen LogP contribution in [-0.4, -0.2) is 51.1 Å². The largest absolute Gasteiger partial charge is 0.493 e. The van der Waals surface area contributed by atoms with E-state index in [1.165, 1.54) is 12.7 Å². The van der Waals surface area contributed by atoms with Gasteiger partial charge >= 0.3 is 5.97 Å². The number of ether oxygens (including phenoxy) is 3. The summed E-state index contributed by atoms with van der Waals surface area (Å²) in [6.45, 7) is 5.28. The Hall–Kier alpha value is -2.08. The van der Waals surface area contributed by atoms with E-state index in [0.717, 1.165) is 18.5 Å². The molecule has 0 aliphatic carbocycles. The first-order valence-electron chi connectivity index (χ1n) is 9.46. The Kier molecular flexibility index (Phi) is 5.47. The first kappa shape index (κ1) is 19.7. The van der Waals surface area contributed by atoms with E-state index < -0.39 is 11.4 Å². The van der Waals surface area contributed by atoms with Crippen LogP contribution < -0.4 is 9.47 Å². The summed E-state index contributed by atoms with van der Waals surface area (Å²) in [5.41, 5.74) is 1.21. The van der Waals surface area contributed by atoms with Crippen LogP contribution in [0.5, 0.6) is 11.5 Å². The number of fused-ring (bicyclic) bond motifs is 3. The molecule has 2 aliphatic heterocycles. The number of carbonyl (C=O) groups excluding carboxylic acids is 2. The van der Waals surface area contributed by atoms with Crippen molar-refractivity contribution in [3.8, 4) is 11.5 Å². The highest BCUT2D eigenvalue weighted by atomic mass is 16.5. The number of carbonyl (C=O) groups is 2. The minimum Gasteiger partial charge on any atom is -0.493 e. The van der Waals surface area contributed by atoms with E-state index in [4.69, 9.17) is 14.2 Å². The highest BCUT2D eigenvalue weighted by molar-refractivity contribution is 6.05. The van der Waals surface area contributed by atoms with Crippen molar-refractivity contribution < 1.29 is 23.8 Å². The van der Waals surface area contributed by atoms with E-state index >= 15 is 0 Å². The molecule has 148 valence electrons. The molecule has 0 spiro atoms. The summed E-state index contributed by atoms with van der Waals surface area (Å²) >= 11 is 0. The van der Waals surface area contributed by atoms with E-state index in [1.54, 1.807) is 14.2 Å². The maximum absolute atomic E-state index is 13.2. The molecule has 3 rings (SSSR count). The van der Waals surface area contributed by atoms with E-state index in [9.17, 15) is 9.59 Å². The van der Waals surface area contributed by atoms with Crippen molar-refractivity contribution in [2.75, 3.05) is 34.4 Å². The van der Waals surface area contributed by atoms with Crippen molar-refractivity contribution in [3.63, 3.8) is 0 Å². The van der Waals surface area contributed by atoms with Crippen molar-refractivity contribution in [3.05, 3.63) is 23.3 Å². The second kappa shape index (κ2) is 7.50. The molecule has 2 aliphatic rings. The Bertz CT molecular complexity index is 744. The molecular formula is C21H29NO5. The average Bonchev–Trinajstić information content (AvgIpc) is 2.66. The van der Waals surface area contributed by atoms with Crippen molar-refractivity contribution in [2.24, 2.45) is 11.3 Å². The molecule has 0 radical (unpaired) electrons. The number of hydrogen-bond donors (Lipinski definition) is 0. The van der Waals surface area contributed by atoms with Gasteiger partial charge in [-0.05, 0) is 42.0 Å². The number of methoxy groups -OCH3 is 3. The van der Waals surface area contributed by atoms with Gasteiger partial charge in [0.1, 0.15) is 5.41 Å². The van der Waals surface area contributed by atoms with E-state index in [-0.39, 0.29) is 17.7 Å². The average molecular weight is 375 g/mol. The van der Waals surface area contributed by atoms with E-state index in [2.05, 4.69) is 4.90 Å². The van der Waals surface area contributed by atoms with Crippen LogP contribution in [0.1, 0.15) is 43.9 Å². The summed E-state index contributed by atoms with van der Waals surface area (Å²) in [4.78, 5) is 28.1. The normalized spacial score (nSPS) is 25.0. The molecule has 6 heteroatoms. The lowest BCUT2D eigenvalue weighted by molar-refractivity contribution is -0.165. The molecule has 1 aromatic carbocycles. The zero-order valence-electron chi connectivity index (χ0n) is 16.8. The number of Topliss-reactive ketones (excluding diaryl/α,β-unsaturated/α-hetero) is 1. The minimum atomic E-state index is -1.06. The molecule has 1 saturated heterocycles. The van der Waals surface area contributed by atoms with Gasteiger partial charge in [-0.3, -0.25) is 14.5 Å². The minimum absolute atomic E-state index is 0.0214. The number of rotatable bonds is 5. The summed E-state index contributed by atoms with van der Waals surface area (Å²) in [6, 6.07) is 3.95. The molecule has 0 bridgehead atoms. The van der Waals surface area contributed by atoms with Gasteiger partial charge in [0.2, 0.25) is 0 Å². The second-order valence-corrected chi connectivity index (χ2v) is 7.94. The van der Waals surface area contributed by atoms with Crippen LogP contribution >= 0.6 is 0 Å². The van der Waals surface area contributed by atoms with Gasteiger partial charge in [-0.2, -0.15) is 0 Å². The molecular weight excluding hydrogens is 346 g/mol. The fourth-order valence-corrected chi connectivity index (χ4v) is 4.65. The fraction of sp³-hybridized carbons (Fsp3) is 0.619. The molecule has 0 saturated carbocycles. The molecule has 1 aromatic rings. The predicted molar refractivity (Wildman–Crippen MR) is 101 cm³/mol. The van der Waals surface area contributed by atoms with Crippen LogP contribution in [-0.2, 0) is 20.7 Å². The standard InChI is InChI=1S/C21H29NO5/c1-13(2)11-21(20(24)27-5)12-22-7-6-14-8-17(25-3)18(26-4)9-15(14)16(22)10-19(21)23/h8-9,13,16H,6-7,10-12H2,1-5H3. The molecule has 2 heterocycles. The second-order valence-electron chi connectivity index (χ2n) is 7.94. The number of esters is 1. The zero-order chi connectivity index (χ0) is 19.8. The maximum Gasteiger partial charge on any atom is 0.320 e. The monoisotopic (exact) mass is 375 g/mol. The molecule has 0 N–H and O–H groups in total. The summed E-state index contributed by atoms with van der Waals surface area (Å²) in [7, 11) is 4.61. The number of hydrogen-bond acceptors (Lipinski definition) is 6. The van der Waals surface area contributed by atoms with Crippen molar-refractivity contribution >= 4 is 11.8 Å². The fourth-order valence-electron chi connectivity index (χ4n) is 4.65. The van der Waals surface area contributed by atoms with Crippen LogP contribution in [0.2, 0.25) is 0 Å². The third kappa shape index (κ3) is 3.31. The Morgan fingerprint density at radius 1 is 1.22 bits per heavy atom. The van der Waals surface area contributed by atoms with Crippen molar-refractivity contribution in [1.82, 2.24) is 4.90 Å². The van der Waals surface area contributed by atoms with Gasteiger partial charge in [0.25, 0.3) is 0 Å². The highest BCUT2D eigenvalue weighted by Crippen LogP contribution is 2.46. The number of benzene rings is 1. The SMILES string of the molecule is COC(=O)C1(CC(C)C)CN2CCc3cc(OC)c(OC)cc3C2CC1=O. The van der Waals surface area contributed by atoms with Crippen LogP contribution in [0.4, 0.5) is 0 Å². The van der Waals surface area contributed by atoms with Gasteiger partial charge in [-0.15, -0.1) is 0 Å². The molecule has 0 aromatic heterocycles. The van der Waals surface area contributed by atoms with Crippen LogP contribution in [0.25, 0.3) is 0 Å². The first-order chi connectivity index (χ1) is 12.9. The van der Waals surface area contributed by atoms with Gasteiger partial charge in [-0.1, -0.05) is 13.8 Å². The Labute approximate surface area is 160 Å². The topological polar surface area (TPSA) is 65.1 Å². The van der Waals surface area contributed by atoms with Crippen LogP contribution in [0, 0.1) is 11.3 Å². The smallest absolute Gasteiger partial charge is 0.320 e. The highest BCUT2D eigenvalue weighted by Gasteiger charge is 2.53. The number of piperidine rings is 1. The number of nitrogens with zero attached hydrogens (tertiary/aromatic N) is 1. The molecule has 2 unspecified atom stereocenters. The molecule has 0 amide bonds.